The van der Waals surface area contributed by atoms with Crippen LogP contribution in [0.1, 0.15) is 26.7 Å². The van der Waals surface area contributed by atoms with Crippen molar-refractivity contribution in [1.82, 2.24) is 0 Å². The van der Waals surface area contributed by atoms with Crippen LogP contribution < -0.4 is 0 Å². The Labute approximate surface area is 76.6 Å². The monoisotopic (exact) mass is 192 g/mol. The Morgan fingerprint density at radius 3 is 1.46 bits per heavy atom. The molecule has 0 spiro atoms. The molecule has 0 aromatic rings. The lowest BCUT2D eigenvalue weighted by Gasteiger charge is -2.26. The summed E-state index contributed by atoms with van der Waals surface area (Å²) in [6.07, 6.45) is -2.73. The average Bonchev–Trinajstić information content (AvgIpc) is 2.30. The Morgan fingerprint density at radius 2 is 1.31 bits per heavy atom. The first-order valence-corrected chi connectivity index (χ1v) is 4.40. The molecule has 4 unspecified atom stereocenters. The Kier molecular flexibility index (Phi) is 2.66. The molecule has 4 atom stereocenters. The fourth-order valence-corrected chi connectivity index (χ4v) is 1.48. The van der Waals surface area contributed by atoms with Gasteiger partial charge in [0, 0.05) is 12.8 Å². The number of hydrogen-bond donors (Lipinski definition) is 4. The Balaban J connectivity index is 2.90. The Morgan fingerprint density at radius 1 is 1.00 bits per heavy atom. The molecule has 1 heterocycles. The minimum absolute atomic E-state index is 0.105. The van der Waals surface area contributed by atoms with E-state index in [-0.39, 0.29) is 12.8 Å². The van der Waals surface area contributed by atoms with Gasteiger partial charge in [-0.15, -0.1) is 0 Å². The molecule has 1 saturated heterocycles. The zero-order chi connectivity index (χ0) is 10.3. The summed E-state index contributed by atoms with van der Waals surface area (Å²) in [6, 6.07) is 0. The van der Waals surface area contributed by atoms with E-state index < -0.39 is 23.8 Å². The van der Waals surface area contributed by atoms with Gasteiger partial charge < -0.3 is 25.2 Å². The maximum atomic E-state index is 9.61. The molecule has 1 aliphatic rings. The van der Waals surface area contributed by atoms with Crippen LogP contribution in [0.25, 0.3) is 0 Å². The second-order valence-corrected chi connectivity index (χ2v) is 3.39. The molecule has 5 nitrogen and oxygen atoms in total. The molecule has 13 heavy (non-hydrogen) atoms. The number of hydrogen-bond acceptors (Lipinski definition) is 5. The molecule has 0 bridgehead atoms. The predicted molar refractivity (Wildman–Crippen MR) is 43.6 cm³/mol. The molecule has 0 aromatic heterocycles. The molecule has 0 amide bonds. The molecule has 1 rings (SSSR count). The largest absolute Gasteiger partial charge is 0.385 e. The molecule has 0 aromatic carbocycles. The highest BCUT2D eigenvalue weighted by Gasteiger charge is 2.59. The molecule has 78 valence electrons. The van der Waals surface area contributed by atoms with Gasteiger partial charge in [0.25, 0.3) is 0 Å². The quantitative estimate of drug-likeness (QED) is 0.447. The van der Waals surface area contributed by atoms with E-state index in [1.165, 1.54) is 0 Å². The van der Waals surface area contributed by atoms with Crippen molar-refractivity contribution in [2.45, 2.75) is 50.5 Å². The number of aliphatic hydroxyl groups is 4. The first-order chi connectivity index (χ1) is 5.89. The third-order valence-corrected chi connectivity index (χ3v) is 2.59. The van der Waals surface area contributed by atoms with Gasteiger partial charge in [-0.1, -0.05) is 13.8 Å². The third-order valence-electron chi connectivity index (χ3n) is 2.59. The highest BCUT2D eigenvalue weighted by molar-refractivity contribution is 4.98. The number of aliphatic hydroxyl groups excluding tert-OH is 2. The van der Waals surface area contributed by atoms with Crippen LogP contribution in [-0.2, 0) is 4.74 Å². The van der Waals surface area contributed by atoms with Crippen molar-refractivity contribution in [3.63, 3.8) is 0 Å². The summed E-state index contributed by atoms with van der Waals surface area (Å²) in [5.41, 5.74) is 0. The minimum atomic E-state index is -1.84. The van der Waals surface area contributed by atoms with Crippen LogP contribution in [-0.4, -0.2) is 44.2 Å². The van der Waals surface area contributed by atoms with Gasteiger partial charge >= 0.3 is 0 Å². The molecule has 5 heteroatoms. The van der Waals surface area contributed by atoms with Gasteiger partial charge in [0.2, 0.25) is 0 Å². The Hall–Kier alpha value is -0.200. The van der Waals surface area contributed by atoms with E-state index >= 15 is 0 Å². The van der Waals surface area contributed by atoms with Gasteiger partial charge in [-0.05, 0) is 0 Å². The fraction of sp³-hybridized carbons (Fsp3) is 1.00. The standard InChI is InChI=1S/C8H16O5/c1-3-7(11)5(9)6(10)8(12,4-2)13-7/h5-6,9-12H,3-4H2,1-2H3. The molecule has 0 saturated carbocycles. The maximum Gasteiger partial charge on any atom is 0.197 e. The molecular weight excluding hydrogens is 176 g/mol. The van der Waals surface area contributed by atoms with Crippen LogP contribution in [0.5, 0.6) is 0 Å². The van der Waals surface area contributed by atoms with E-state index in [4.69, 9.17) is 4.74 Å². The normalized spacial score (nSPS) is 51.2. The van der Waals surface area contributed by atoms with Crippen molar-refractivity contribution in [2.75, 3.05) is 0 Å². The molecule has 0 aliphatic carbocycles. The summed E-state index contributed by atoms with van der Waals surface area (Å²) in [5, 5.41) is 38.0. The lowest BCUT2D eigenvalue weighted by Crippen LogP contribution is -2.43. The van der Waals surface area contributed by atoms with E-state index in [1.54, 1.807) is 13.8 Å². The lowest BCUT2D eigenvalue weighted by molar-refractivity contribution is -0.308. The van der Waals surface area contributed by atoms with Gasteiger partial charge in [0.1, 0.15) is 12.2 Å². The van der Waals surface area contributed by atoms with Crippen LogP contribution in [0.4, 0.5) is 0 Å². The lowest BCUT2D eigenvalue weighted by atomic mass is 10.0. The van der Waals surface area contributed by atoms with Gasteiger partial charge in [-0.3, -0.25) is 0 Å². The highest BCUT2D eigenvalue weighted by Crippen LogP contribution is 2.38. The van der Waals surface area contributed by atoms with Crippen molar-refractivity contribution in [3.05, 3.63) is 0 Å². The van der Waals surface area contributed by atoms with Crippen LogP contribution in [0.2, 0.25) is 0 Å². The summed E-state index contributed by atoms with van der Waals surface area (Å²) in [6.45, 7) is 3.19. The summed E-state index contributed by atoms with van der Waals surface area (Å²) < 4.78 is 4.87. The van der Waals surface area contributed by atoms with Crippen LogP contribution >= 0.6 is 0 Å². The zero-order valence-electron chi connectivity index (χ0n) is 7.77. The van der Waals surface area contributed by atoms with Gasteiger partial charge in [0.05, 0.1) is 0 Å². The van der Waals surface area contributed by atoms with Crippen molar-refractivity contribution in [1.29, 1.82) is 0 Å². The number of ether oxygens (including phenoxy) is 1. The molecule has 1 fully saturated rings. The van der Waals surface area contributed by atoms with E-state index in [2.05, 4.69) is 0 Å². The van der Waals surface area contributed by atoms with E-state index in [0.29, 0.717) is 0 Å². The average molecular weight is 192 g/mol. The Bertz CT molecular complexity index is 177. The second-order valence-electron chi connectivity index (χ2n) is 3.39. The van der Waals surface area contributed by atoms with Crippen molar-refractivity contribution >= 4 is 0 Å². The van der Waals surface area contributed by atoms with Crippen molar-refractivity contribution in [2.24, 2.45) is 0 Å². The molecule has 0 radical (unpaired) electrons. The van der Waals surface area contributed by atoms with Gasteiger partial charge in [-0.2, -0.15) is 0 Å². The van der Waals surface area contributed by atoms with E-state index in [9.17, 15) is 20.4 Å². The van der Waals surface area contributed by atoms with Gasteiger partial charge in [-0.25, -0.2) is 0 Å². The third kappa shape index (κ3) is 1.47. The van der Waals surface area contributed by atoms with Crippen LogP contribution in [0.3, 0.4) is 0 Å². The highest BCUT2D eigenvalue weighted by atomic mass is 16.7. The molecular formula is C8H16O5. The van der Waals surface area contributed by atoms with Crippen molar-refractivity contribution in [3.8, 4) is 0 Å². The first-order valence-electron chi connectivity index (χ1n) is 4.40. The smallest absolute Gasteiger partial charge is 0.197 e. The predicted octanol–water partition coefficient (Wildman–Crippen LogP) is -1.06. The second kappa shape index (κ2) is 3.18. The van der Waals surface area contributed by atoms with Crippen LogP contribution in [0.15, 0.2) is 0 Å². The minimum Gasteiger partial charge on any atom is -0.385 e. The summed E-state index contributed by atoms with van der Waals surface area (Å²) in [7, 11) is 0. The van der Waals surface area contributed by atoms with E-state index in [0.717, 1.165) is 0 Å². The maximum absolute atomic E-state index is 9.61. The zero-order valence-corrected chi connectivity index (χ0v) is 7.77. The topological polar surface area (TPSA) is 90.2 Å². The van der Waals surface area contributed by atoms with Crippen molar-refractivity contribution < 1.29 is 25.2 Å². The van der Waals surface area contributed by atoms with Crippen LogP contribution in [0, 0.1) is 0 Å². The van der Waals surface area contributed by atoms with E-state index in [1.807, 2.05) is 0 Å². The first kappa shape index (κ1) is 10.9. The SMILES string of the molecule is CCC1(O)OC(O)(CC)C(O)C1O. The molecule has 1 aliphatic heterocycles. The number of rotatable bonds is 2. The fourth-order valence-electron chi connectivity index (χ4n) is 1.48. The van der Waals surface area contributed by atoms with Gasteiger partial charge in [0.15, 0.2) is 11.6 Å². The summed E-state index contributed by atoms with van der Waals surface area (Å²) in [4.78, 5) is 0. The summed E-state index contributed by atoms with van der Waals surface area (Å²) in [5.74, 6) is -3.69. The molecule has 4 N–H and O–H groups in total. The summed E-state index contributed by atoms with van der Waals surface area (Å²) >= 11 is 0.